The molecule has 0 saturated carbocycles. The van der Waals surface area contributed by atoms with Crippen LogP contribution in [0.1, 0.15) is 11.1 Å². The van der Waals surface area contributed by atoms with Crippen molar-refractivity contribution in [3.05, 3.63) is 102 Å². The predicted molar refractivity (Wildman–Crippen MR) is 160 cm³/mol. The van der Waals surface area contributed by atoms with Gasteiger partial charge in [0.2, 0.25) is 0 Å². The number of carbonyl (C=O) groups is 3. The van der Waals surface area contributed by atoms with Crippen LogP contribution in [0.4, 0.5) is 0 Å². The number of carbonyl (C=O) groups excluding carboxylic acids is 1. The molecule has 224 valence electrons. The van der Waals surface area contributed by atoms with Crippen molar-refractivity contribution in [2.24, 2.45) is 0 Å². The van der Waals surface area contributed by atoms with Crippen LogP contribution in [0, 0.1) is 0 Å². The lowest BCUT2D eigenvalue weighted by atomic mass is 10.1. The van der Waals surface area contributed by atoms with E-state index in [0.717, 1.165) is 58.8 Å². The highest BCUT2D eigenvalue weighted by Crippen LogP contribution is 2.29. The fraction of sp³-hybridized carbons (Fsp3) is 0.242. The summed E-state index contributed by atoms with van der Waals surface area (Å²) >= 11 is 0. The van der Waals surface area contributed by atoms with Crippen LogP contribution in [0.3, 0.4) is 0 Å². The van der Waals surface area contributed by atoms with Crippen LogP contribution < -0.4 is 14.2 Å². The van der Waals surface area contributed by atoms with E-state index in [1.807, 2.05) is 77.7 Å². The van der Waals surface area contributed by atoms with Crippen molar-refractivity contribution in [1.29, 1.82) is 0 Å². The molecule has 0 spiro atoms. The Morgan fingerprint density at radius 3 is 2.05 bits per heavy atom. The van der Waals surface area contributed by atoms with Crippen molar-refractivity contribution in [1.82, 2.24) is 9.80 Å². The molecule has 0 aromatic heterocycles. The maximum atomic E-state index is 12.8. The van der Waals surface area contributed by atoms with Gasteiger partial charge in [-0.05, 0) is 46.2 Å². The van der Waals surface area contributed by atoms with Gasteiger partial charge < -0.3 is 29.3 Å². The SMILES string of the molecule is COc1ccc(CN2CCN(C(=O)COc3ccc4ccccc4c3)CC2)cc1OCc1ccccc1.O=C(O)C(=O)O. The fourth-order valence-corrected chi connectivity index (χ4v) is 4.57. The van der Waals surface area contributed by atoms with E-state index in [1.54, 1.807) is 7.11 Å². The third-order valence-corrected chi connectivity index (χ3v) is 6.86. The van der Waals surface area contributed by atoms with Gasteiger partial charge in [0.05, 0.1) is 7.11 Å². The Labute approximate surface area is 249 Å². The molecule has 1 saturated heterocycles. The average molecular weight is 587 g/mol. The van der Waals surface area contributed by atoms with E-state index in [4.69, 9.17) is 34.0 Å². The largest absolute Gasteiger partial charge is 0.493 e. The summed E-state index contributed by atoms with van der Waals surface area (Å²) in [6, 6.07) is 30.2. The zero-order valence-electron chi connectivity index (χ0n) is 23.8. The topological polar surface area (TPSA) is 126 Å². The minimum atomic E-state index is -1.82. The summed E-state index contributed by atoms with van der Waals surface area (Å²) < 4.78 is 17.4. The summed E-state index contributed by atoms with van der Waals surface area (Å²) in [6.07, 6.45) is 0. The Bertz CT molecular complexity index is 1520. The van der Waals surface area contributed by atoms with E-state index >= 15 is 0 Å². The minimum absolute atomic E-state index is 0.0221. The third-order valence-electron chi connectivity index (χ3n) is 6.86. The normalized spacial score (nSPS) is 13.0. The predicted octanol–water partition coefficient (Wildman–Crippen LogP) is 4.31. The number of hydrogen-bond donors (Lipinski definition) is 2. The van der Waals surface area contributed by atoms with E-state index in [0.29, 0.717) is 19.7 Å². The first-order valence-corrected chi connectivity index (χ1v) is 13.7. The number of benzene rings is 4. The number of hydrogen-bond acceptors (Lipinski definition) is 7. The van der Waals surface area contributed by atoms with Gasteiger partial charge in [0.1, 0.15) is 12.4 Å². The Hall–Kier alpha value is -5.09. The van der Waals surface area contributed by atoms with Crippen LogP contribution in [-0.4, -0.2) is 77.8 Å². The van der Waals surface area contributed by atoms with Crippen molar-refractivity contribution >= 4 is 28.6 Å². The second kappa shape index (κ2) is 15.2. The lowest BCUT2D eigenvalue weighted by Crippen LogP contribution is -2.49. The van der Waals surface area contributed by atoms with E-state index in [2.05, 4.69) is 23.1 Å². The molecule has 0 unspecified atom stereocenters. The van der Waals surface area contributed by atoms with Crippen LogP contribution in [0.15, 0.2) is 91.0 Å². The van der Waals surface area contributed by atoms with Gasteiger partial charge in [0.25, 0.3) is 5.91 Å². The maximum Gasteiger partial charge on any atom is 0.414 e. The van der Waals surface area contributed by atoms with Crippen molar-refractivity contribution in [3.63, 3.8) is 0 Å². The second-order valence-corrected chi connectivity index (χ2v) is 9.82. The second-order valence-electron chi connectivity index (χ2n) is 9.82. The first-order chi connectivity index (χ1) is 20.8. The smallest absolute Gasteiger partial charge is 0.414 e. The monoisotopic (exact) mass is 586 g/mol. The third kappa shape index (κ3) is 9.20. The summed E-state index contributed by atoms with van der Waals surface area (Å²) in [6.45, 7) is 4.34. The minimum Gasteiger partial charge on any atom is -0.493 e. The fourth-order valence-electron chi connectivity index (χ4n) is 4.57. The molecule has 4 aromatic carbocycles. The van der Waals surface area contributed by atoms with Crippen LogP contribution in [0.2, 0.25) is 0 Å². The Balaban J connectivity index is 0.000000641. The molecule has 0 aliphatic carbocycles. The highest BCUT2D eigenvalue weighted by Gasteiger charge is 2.22. The number of ether oxygens (including phenoxy) is 3. The molecule has 5 rings (SSSR count). The Kier molecular flexibility index (Phi) is 10.9. The van der Waals surface area contributed by atoms with Gasteiger partial charge in [0, 0.05) is 32.7 Å². The molecule has 2 N–H and O–H groups in total. The molecule has 10 heteroatoms. The Morgan fingerprint density at radius 1 is 0.698 bits per heavy atom. The molecule has 0 atom stereocenters. The first kappa shape index (κ1) is 30.9. The Morgan fingerprint density at radius 2 is 1.37 bits per heavy atom. The first-order valence-electron chi connectivity index (χ1n) is 13.7. The number of carboxylic acid groups (broad SMARTS) is 2. The van der Waals surface area contributed by atoms with E-state index in [1.165, 1.54) is 0 Å². The number of nitrogens with zero attached hydrogens (tertiary/aromatic N) is 2. The van der Waals surface area contributed by atoms with Crippen molar-refractivity contribution in [2.45, 2.75) is 13.2 Å². The summed E-state index contributed by atoms with van der Waals surface area (Å²) in [7, 11) is 1.66. The van der Waals surface area contributed by atoms with E-state index in [-0.39, 0.29) is 12.5 Å². The van der Waals surface area contributed by atoms with Crippen LogP contribution >= 0.6 is 0 Å². The lowest BCUT2D eigenvalue weighted by Gasteiger charge is -2.34. The zero-order chi connectivity index (χ0) is 30.6. The number of amides is 1. The van der Waals surface area contributed by atoms with Crippen LogP contribution in [0.5, 0.6) is 17.2 Å². The van der Waals surface area contributed by atoms with Crippen LogP contribution in [0.25, 0.3) is 10.8 Å². The van der Waals surface area contributed by atoms with Gasteiger partial charge in [-0.25, -0.2) is 9.59 Å². The molecule has 43 heavy (non-hydrogen) atoms. The van der Waals surface area contributed by atoms with Gasteiger partial charge in [0.15, 0.2) is 18.1 Å². The highest BCUT2D eigenvalue weighted by molar-refractivity contribution is 6.27. The summed E-state index contributed by atoms with van der Waals surface area (Å²) in [5.41, 5.74) is 2.27. The van der Waals surface area contributed by atoms with Gasteiger partial charge in [-0.1, -0.05) is 66.7 Å². The van der Waals surface area contributed by atoms with Gasteiger partial charge in [-0.3, -0.25) is 9.69 Å². The number of carboxylic acids is 2. The molecule has 1 aliphatic heterocycles. The summed E-state index contributed by atoms with van der Waals surface area (Å²) in [5.74, 6) is -1.45. The quantitative estimate of drug-likeness (QED) is 0.276. The van der Waals surface area contributed by atoms with Gasteiger partial charge in [-0.15, -0.1) is 0 Å². The van der Waals surface area contributed by atoms with Crippen molar-refractivity contribution < 1.29 is 38.8 Å². The zero-order valence-corrected chi connectivity index (χ0v) is 23.8. The lowest BCUT2D eigenvalue weighted by molar-refractivity contribution is -0.159. The number of fused-ring (bicyclic) bond motifs is 1. The standard InChI is InChI=1S/C31H32N2O4.C2H2O4/c1-35-29-14-11-25(19-30(29)37-22-24-7-3-2-4-8-24)21-32-15-17-33(18-16-32)31(34)23-36-28-13-12-26-9-5-6-10-27(26)20-28;3-1(4)2(5)6/h2-14,19-20H,15-18,21-23H2,1H3;(H,3,4)(H,5,6). The maximum absolute atomic E-state index is 12.8. The highest BCUT2D eigenvalue weighted by atomic mass is 16.5. The molecule has 1 aliphatic rings. The number of rotatable bonds is 9. The molecule has 4 aromatic rings. The van der Waals surface area contributed by atoms with Crippen molar-refractivity contribution in [3.8, 4) is 17.2 Å². The summed E-state index contributed by atoms with van der Waals surface area (Å²) in [4.78, 5) is 35.2. The molecule has 1 amide bonds. The molecule has 0 bridgehead atoms. The molecule has 0 radical (unpaired) electrons. The molecular weight excluding hydrogens is 552 g/mol. The number of piperazine rings is 1. The average Bonchev–Trinajstić information content (AvgIpc) is 3.03. The van der Waals surface area contributed by atoms with Gasteiger partial charge in [-0.2, -0.15) is 0 Å². The molecule has 1 fully saturated rings. The van der Waals surface area contributed by atoms with Gasteiger partial charge >= 0.3 is 11.9 Å². The number of aliphatic carboxylic acids is 2. The summed E-state index contributed by atoms with van der Waals surface area (Å²) in [5, 5.41) is 17.0. The number of methoxy groups -OCH3 is 1. The van der Waals surface area contributed by atoms with Crippen molar-refractivity contribution in [2.75, 3.05) is 39.9 Å². The molecule has 1 heterocycles. The van der Waals surface area contributed by atoms with E-state index < -0.39 is 11.9 Å². The van der Waals surface area contributed by atoms with Crippen LogP contribution in [-0.2, 0) is 27.5 Å². The molecule has 10 nitrogen and oxygen atoms in total. The van der Waals surface area contributed by atoms with E-state index in [9.17, 15) is 4.79 Å². The molecular formula is C33H34N2O8.